The standard InChI is InChI=1S/C13H18ClN5/c1-15-10-3-5-11(6-4-10)16-13-17-12-7-2-9(14)8-19(12)18-13/h2,7-8,10-11,15H,3-6H2,1H3,(H,16,18). The van der Waals surface area contributed by atoms with Crippen molar-refractivity contribution < 1.29 is 0 Å². The molecule has 2 N–H and O–H groups in total. The normalized spacial score (nSPS) is 23.7. The fourth-order valence-electron chi connectivity index (χ4n) is 2.63. The van der Waals surface area contributed by atoms with E-state index in [9.17, 15) is 0 Å². The summed E-state index contributed by atoms with van der Waals surface area (Å²) in [5.41, 5.74) is 0.816. The van der Waals surface area contributed by atoms with Crippen molar-refractivity contribution in [2.75, 3.05) is 12.4 Å². The SMILES string of the molecule is CNC1CCC(Nc2nc3ccc(Cl)cn3n2)CC1. The van der Waals surface area contributed by atoms with Gasteiger partial charge >= 0.3 is 0 Å². The van der Waals surface area contributed by atoms with Gasteiger partial charge in [-0.05, 0) is 44.9 Å². The Hall–Kier alpha value is -1.33. The molecule has 0 bridgehead atoms. The zero-order valence-corrected chi connectivity index (χ0v) is 11.7. The molecule has 5 nitrogen and oxygen atoms in total. The molecule has 0 amide bonds. The summed E-state index contributed by atoms with van der Waals surface area (Å²) in [5.74, 6) is 0.690. The van der Waals surface area contributed by atoms with Crippen molar-refractivity contribution >= 4 is 23.2 Å². The maximum atomic E-state index is 5.94. The van der Waals surface area contributed by atoms with Gasteiger partial charge in [-0.2, -0.15) is 4.98 Å². The smallest absolute Gasteiger partial charge is 0.243 e. The third kappa shape index (κ3) is 2.82. The molecule has 2 heterocycles. The topological polar surface area (TPSA) is 54.2 Å². The van der Waals surface area contributed by atoms with Crippen LogP contribution in [0.1, 0.15) is 25.7 Å². The maximum absolute atomic E-state index is 5.94. The first-order valence-corrected chi connectivity index (χ1v) is 7.08. The van der Waals surface area contributed by atoms with Crippen LogP contribution in [0.3, 0.4) is 0 Å². The van der Waals surface area contributed by atoms with Crippen molar-refractivity contribution in [2.24, 2.45) is 0 Å². The lowest BCUT2D eigenvalue weighted by molar-refractivity contribution is 0.370. The second-order valence-electron chi connectivity index (χ2n) is 5.07. The number of rotatable bonds is 3. The summed E-state index contributed by atoms with van der Waals surface area (Å²) in [4.78, 5) is 4.45. The van der Waals surface area contributed by atoms with Crippen molar-refractivity contribution in [3.8, 4) is 0 Å². The molecule has 2 aromatic rings. The number of aromatic nitrogens is 3. The predicted molar refractivity (Wildman–Crippen MR) is 76.7 cm³/mol. The highest BCUT2D eigenvalue weighted by Crippen LogP contribution is 2.21. The summed E-state index contributed by atoms with van der Waals surface area (Å²) in [6.45, 7) is 0. The van der Waals surface area contributed by atoms with E-state index in [0.29, 0.717) is 23.1 Å². The molecule has 6 heteroatoms. The van der Waals surface area contributed by atoms with Crippen molar-refractivity contribution in [2.45, 2.75) is 37.8 Å². The molecule has 0 aliphatic heterocycles. The maximum Gasteiger partial charge on any atom is 0.243 e. The van der Waals surface area contributed by atoms with Crippen molar-refractivity contribution in [1.29, 1.82) is 0 Å². The first-order valence-electron chi connectivity index (χ1n) is 6.70. The number of hydrogen-bond acceptors (Lipinski definition) is 4. The average Bonchev–Trinajstić information content (AvgIpc) is 2.81. The Kier molecular flexibility index (Phi) is 3.57. The van der Waals surface area contributed by atoms with E-state index in [0.717, 1.165) is 18.5 Å². The van der Waals surface area contributed by atoms with Gasteiger partial charge in [0, 0.05) is 18.3 Å². The molecule has 0 unspecified atom stereocenters. The Morgan fingerprint density at radius 3 is 2.68 bits per heavy atom. The van der Waals surface area contributed by atoms with E-state index < -0.39 is 0 Å². The van der Waals surface area contributed by atoms with E-state index in [1.807, 2.05) is 19.2 Å². The molecule has 0 aromatic carbocycles. The average molecular weight is 280 g/mol. The zero-order chi connectivity index (χ0) is 13.2. The van der Waals surface area contributed by atoms with Crippen LogP contribution in [0, 0.1) is 0 Å². The fourth-order valence-corrected chi connectivity index (χ4v) is 2.78. The van der Waals surface area contributed by atoms with E-state index in [-0.39, 0.29) is 0 Å². The van der Waals surface area contributed by atoms with Crippen LogP contribution < -0.4 is 10.6 Å². The Bertz CT molecular complexity index is 559. The molecule has 1 aliphatic rings. The minimum Gasteiger partial charge on any atom is -0.350 e. The van der Waals surface area contributed by atoms with Gasteiger partial charge in [0.1, 0.15) is 0 Å². The number of halogens is 1. The van der Waals surface area contributed by atoms with Gasteiger partial charge in [-0.3, -0.25) is 0 Å². The summed E-state index contributed by atoms with van der Waals surface area (Å²) >= 11 is 5.94. The predicted octanol–water partition coefficient (Wildman–Crippen LogP) is 2.33. The summed E-state index contributed by atoms with van der Waals surface area (Å²) in [5, 5.41) is 11.8. The van der Waals surface area contributed by atoms with E-state index in [1.165, 1.54) is 12.8 Å². The first-order chi connectivity index (χ1) is 9.24. The van der Waals surface area contributed by atoms with Gasteiger partial charge in [0.15, 0.2) is 5.65 Å². The monoisotopic (exact) mass is 279 g/mol. The van der Waals surface area contributed by atoms with E-state index in [4.69, 9.17) is 11.6 Å². The Labute approximate surface area is 117 Å². The molecule has 19 heavy (non-hydrogen) atoms. The van der Waals surface area contributed by atoms with Crippen LogP contribution in [-0.4, -0.2) is 33.7 Å². The Morgan fingerprint density at radius 2 is 1.95 bits per heavy atom. The lowest BCUT2D eigenvalue weighted by Crippen LogP contribution is -2.35. The highest BCUT2D eigenvalue weighted by molar-refractivity contribution is 6.30. The second-order valence-corrected chi connectivity index (χ2v) is 5.50. The van der Waals surface area contributed by atoms with E-state index in [1.54, 1.807) is 10.7 Å². The van der Waals surface area contributed by atoms with Crippen LogP contribution in [0.5, 0.6) is 0 Å². The quantitative estimate of drug-likeness (QED) is 0.905. The molecular weight excluding hydrogens is 262 g/mol. The van der Waals surface area contributed by atoms with Gasteiger partial charge in [0.2, 0.25) is 5.95 Å². The number of anilines is 1. The molecule has 1 saturated carbocycles. The highest BCUT2D eigenvalue weighted by atomic mass is 35.5. The van der Waals surface area contributed by atoms with E-state index >= 15 is 0 Å². The van der Waals surface area contributed by atoms with Gasteiger partial charge in [-0.15, -0.1) is 5.10 Å². The molecule has 0 spiro atoms. The van der Waals surface area contributed by atoms with Crippen LogP contribution in [0.2, 0.25) is 5.02 Å². The van der Waals surface area contributed by atoms with Crippen molar-refractivity contribution in [3.05, 3.63) is 23.4 Å². The van der Waals surface area contributed by atoms with Crippen LogP contribution in [-0.2, 0) is 0 Å². The summed E-state index contributed by atoms with van der Waals surface area (Å²) in [6, 6.07) is 4.83. The molecule has 3 rings (SSSR count). The minimum absolute atomic E-state index is 0.470. The summed E-state index contributed by atoms with van der Waals surface area (Å²) < 4.78 is 1.71. The van der Waals surface area contributed by atoms with Gasteiger partial charge in [0.25, 0.3) is 0 Å². The molecule has 0 radical (unpaired) electrons. The lowest BCUT2D eigenvalue weighted by atomic mass is 9.91. The zero-order valence-electron chi connectivity index (χ0n) is 10.9. The molecule has 2 aromatic heterocycles. The van der Waals surface area contributed by atoms with Gasteiger partial charge in [0.05, 0.1) is 5.02 Å². The molecule has 0 saturated heterocycles. The molecule has 102 valence electrons. The number of nitrogens with one attached hydrogen (secondary N) is 2. The Balaban J connectivity index is 1.68. The van der Waals surface area contributed by atoms with E-state index in [2.05, 4.69) is 20.7 Å². The molecule has 1 aliphatic carbocycles. The van der Waals surface area contributed by atoms with Crippen molar-refractivity contribution in [3.63, 3.8) is 0 Å². The second kappa shape index (κ2) is 5.35. The third-order valence-corrected chi connectivity index (χ3v) is 3.99. The van der Waals surface area contributed by atoms with Crippen LogP contribution >= 0.6 is 11.6 Å². The number of fused-ring (bicyclic) bond motifs is 1. The minimum atomic E-state index is 0.470. The largest absolute Gasteiger partial charge is 0.350 e. The first kappa shape index (κ1) is 12.7. The van der Waals surface area contributed by atoms with Gasteiger partial charge in [-0.1, -0.05) is 11.6 Å². The third-order valence-electron chi connectivity index (χ3n) is 3.76. The van der Waals surface area contributed by atoms with Gasteiger partial charge in [-0.25, -0.2) is 4.52 Å². The molecule has 1 fully saturated rings. The summed E-state index contributed by atoms with van der Waals surface area (Å²) in [7, 11) is 2.03. The number of pyridine rings is 1. The molecule has 0 atom stereocenters. The fraction of sp³-hybridized carbons (Fsp3) is 0.538. The number of hydrogen-bond donors (Lipinski definition) is 2. The lowest BCUT2D eigenvalue weighted by Gasteiger charge is -2.28. The van der Waals surface area contributed by atoms with Crippen LogP contribution in [0.25, 0.3) is 5.65 Å². The molecular formula is C13H18ClN5. The van der Waals surface area contributed by atoms with Crippen molar-refractivity contribution in [1.82, 2.24) is 19.9 Å². The van der Waals surface area contributed by atoms with Crippen LogP contribution in [0.4, 0.5) is 5.95 Å². The van der Waals surface area contributed by atoms with Crippen LogP contribution in [0.15, 0.2) is 18.3 Å². The number of nitrogens with zero attached hydrogens (tertiary/aromatic N) is 3. The Morgan fingerprint density at radius 1 is 1.21 bits per heavy atom. The van der Waals surface area contributed by atoms with Gasteiger partial charge < -0.3 is 10.6 Å². The highest BCUT2D eigenvalue weighted by Gasteiger charge is 2.20. The summed E-state index contributed by atoms with van der Waals surface area (Å²) in [6.07, 6.45) is 6.48.